The molecule has 6 nitrogen and oxygen atoms in total. The van der Waals surface area contributed by atoms with Crippen LogP contribution >= 0.6 is 11.3 Å². The molecule has 8 heteroatoms. The van der Waals surface area contributed by atoms with E-state index in [1.165, 1.54) is 49.4 Å². The van der Waals surface area contributed by atoms with Crippen molar-refractivity contribution in [1.82, 2.24) is 10.0 Å². The minimum absolute atomic E-state index is 0.00501. The molecule has 0 saturated heterocycles. The smallest absolute Gasteiger partial charge is 0.241 e. The van der Waals surface area contributed by atoms with Crippen molar-refractivity contribution in [3.05, 3.63) is 52.2 Å². The third kappa shape index (κ3) is 4.73. The third-order valence-corrected chi connectivity index (χ3v) is 5.75. The van der Waals surface area contributed by atoms with Crippen molar-refractivity contribution in [1.29, 1.82) is 0 Å². The lowest BCUT2D eigenvalue weighted by atomic mass is 10.2. The second-order valence-electron chi connectivity index (χ2n) is 5.22. The highest BCUT2D eigenvalue weighted by Gasteiger charge is 2.22. The van der Waals surface area contributed by atoms with Crippen LogP contribution in [0.1, 0.15) is 29.1 Å². The number of thiophene rings is 1. The van der Waals surface area contributed by atoms with Gasteiger partial charge in [-0.25, -0.2) is 8.42 Å². The van der Waals surface area contributed by atoms with Gasteiger partial charge in [-0.2, -0.15) is 4.72 Å². The predicted octanol–water partition coefficient (Wildman–Crippen LogP) is 1.93. The first-order valence-electron chi connectivity index (χ1n) is 7.23. The summed E-state index contributed by atoms with van der Waals surface area (Å²) in [6.07, 6.45) is 0. The van der Waals surface area contributed by atoms with E-state index in [2.05, 4.69) is 10.0 Å². The molecular weight excluding hydrogens is 348 g/mol. The van der Waals surface area contributed by atoms with Gasteiger partial charge in [0.05, 0.1) is 17.5 Å². The van der Waals surface area contributed by atoms with Crippen LogP contribution in [0.5, 0.6) is 0 Å². The molecule has 2 N–H and O–H groups in total. The summed E-state index contributed by atoms with van der Waals surface area (Å²) in [7, 11) is -3.84. The van der Waals surface area contributed by atoms with E-state index in [-0.39, 0.29) is 10.7 Å². The van der Waals surface area contributed by atoms with Gasteiger partial charge in [0.25, 0.3) is 0 Å². The summed E-state index contributed by atoms with van der Waals surface area (Å²) in [4.78, 5) is 24.2. The van der Waals surface area contributed by atoms with Crippen molar-refractivity contribution < 1.29 is 18.0 Å². The topological polar surface area (TPSA) is 92.3 Å². The van der Waals surface area contributed by atoms with Gasteiger partial charge in [-0.3, -0.25) is 9.59 Å². The fourth-order valence-corrected chi connectivity index (χ4v) is 3.81. The first-order valence-corrected chi connectivity index (χ1v) is 9.59. The average Bonchev–Trinajstić information content (AvgIpc) is 3.05. The molecule has 2 rings (SSSR count). The number of carbonyl (C=O) groups is 2. The van der Waals surface area contributed by atoms with Gasteiger partial charge < -0.3 is 5.32 Å². The van der Waals surface area contributed by atoms with Crippen molar-refractivity contribution in [2.75, 3.05) is 0 Å². The Labute approximate surface area is 145 Å². The molecule has 1 aromatic heterocycles. The summed E-state index contributed by atoms with van der Waals surface area (Å²) in [6, 6.07) is 8.42. The van der Waals surface area contributed by atoms with Crippen LogP contribution in [0.4, 0.5) is 0 Å². The van der Waals surface area contributed by atoms with Crippen LogP contribution in [0.25, 0.3) is 0 Å². The number of carbonyl (C=O) groups excluding carboxylic acids is 2. The summed E-state index contributed by atoms with van der Waals surface area (Å²) in [5.74, 6) is -0.555. The van der Waals surface area contributed by atoms with Gasteiger partial charge in [0.2, 0.25) is 15.9 Å². The van der Waals surface area contributed by atoms with Crippen LogP contribution < -0.4 is 10.0 Å². The molecule has 2 aromatic rings. The Kier molecular flexibility index (Phi) is 5.87. The van der Waals surface area contributed by atoms with Gasteiger partial charge in [-0.05, 0) is 37.4 Å². The summed E-state index contributed by atoms with van der Waals surface area (Å²) in [5, 5.41) is 4.58. The summed E-state index contributed by atoms with van der Waals surface area (Å²) < 4.78 is 26.9. The molecule has 0 fully saturated rings. The van der Waals surface area contributed by atoms with E-state index < -0.39 is 22.0 Å². The predicted molar refractivity (Wildman–Crippen MR) is 92.4 cm³/mol. The van der Waals surface area contributed by atoms with Crippen LogP contribution in [0.3, 0.4) is 0 Å². The van der Waals surface area contributed by atoms with Crippen molar-refractivity contribution >= 4 is 33.1 Å². The summed E-state index contributed by atoms with van der Waals surface area (Å²) in [5.41, 5.74) is 0.427. The number of rotatable bonds is 7. The van der Waals surface area contributed by atoms with E-state index in [0.29, 0.717) is 12.1 Å². The van der Waals surface area contributed by atoms with Gasteiger partial charge in [0, 0.05) is 10.4 Å². The standard InChI is InChI=1S/C16H18N2O4S2/c1-11(16(20)17-10-14-4-3-9-23-14)18-24(21,22)15-7-5-13(6-8-15)12(2)19/h3-9,11,18H,10H2,1-2H3,(H,17,20). The van der Waals surface area contributed by atoms with Crippen LogP contribution in [0, 0.1) is 0 Å². The maximum atomic E-state index is 12.3. The Bertz CT molecular complexity index is 812. The minimum Gasteiger partial charge on any atom is -0.350 e. The number of hydrogen-bond acceptors (Lipinski definition) is 5. The van der Waals surface area contributed by atoms with Gasteiger partial charge in [0.15, 0.2) is 5.78 Å². The largest absolute Gasteiger partial charge is 0.350 e. The lowest BCUT2D eigenvalue weighted by Crippen LogP contribution is -2.44. The van der Waals surface area contributed by atoms with Gasteiger partial charge in [-0.15, -0.1) is 11.3 Å². The maximum absolute atomic E-state index is 12.3. The number of benzene rings is 1. The number of ketones is 1. The number of Topliss-reactive ketones (excluding diaryl/α,β-unsaturated/α-hetero) is 1. The molecule has 0 spiro atoms. The SMILES string of the molecule is CC(=O)c1ccc(S(=O)(=O)NC(C)C(=O)NCc2cccs2)cc1. The molecule has 1 atom stereocenters. The van der Waals surface area contributed by atoms with E-state index in [1.54, 1.807) is 0 Å². The van der Waals surface area contributed by atoms with Gasteiger partial charge >= 0.3 is 0 Å². The zero-order valence-electron chi connectivity index (χ0n) is 13.3. The molecule has 0 aliphatic rings. The molecular formula is C16H18N2O4S2. The molecule has 0 aliphatic carbocycles. The van der Waals surface area contributed by atoms with Crippen LogP contribution in [0.2, 0.25) is 0 Å². The van der Waals surface area contributed by atoms with E-state index >= 15 is 0 Å². The van der Waals surface area contributed by atoms with Crippen molar-refractivity contribution in [3.63, 3.8) is 0 Å². The normalized spacial score (nSPS) is 12.6. The van der Waals surface area contributed by atoms with Crippen molar-refractivity contribution in [3.8, 4) is 0 Å². The number of amides is 1. The lowest BCUT2D eigenvalue weighted by Gasteiger charge is -2.14. The zero-order chi connectivity index (χ0) is 17.7. The first kappa shape index (κ1) is 18.3. The zero-order valence-corrected chi connectivity index (χ0v) is 14.9. The lowest BCUT2D eigenvalue weighted by molar-refractivity contribution is -0.122. The van der Waals surface area contributed by atoms with Crippen molar-refractivity contribution in [2.24, 2.45) is 0 Å². The van der Waals surface area contributed by atoms with E-state index in [1.807, 2.05) is 17.5 Å². The molecule has 1 aromatic carbocycles. The van der Waals surface area contributed by atoms with E-state index in [0.717, 1.165) is 4.88 Å². The van der Waals surface area contributed by atoms with Crippen molar-refractivity contribution in [2.45, 2.75) is 31.3 Å². The molecule has 24 heavy (non-hydrogen) atoms. The minimum atomic E-state index is -3.84. The Hall–Kier alpha value is -2.03. The number of hydrogen-bond donors (Lipinski definition) is 2. The molecule has 0 saturated carbocycles. The fourth-order valence-electron chi connectivity index (χ4n) is 1.96. The maximum Gasteiger partial charge on any atom is 0.241 e. The molecule has 0 bridgehead atoms. The quantitative estimate of drug-likeness (QED) is 0.733. The second kappa shape index (κ2) is 7.69. The summed E-state index contributed by atoms with van der Waals surface area (Å²) in [6.45, 7) is 3.24. The van der Waals surface area contributed by atoms with E-state index in [4.69, 9.17) is 0 Å². The van der Waals surface area contributed by atoms with Gasteiger partial charge in [-0.1, -0.05) is 18.2 Å². The monoisotopic (exact) mass is 366 g/mol. The third-order valence-electron chi connectivity index (χ3n) is 3.31. The highest BCUT2D eigenvalue weighted by atomic mass is 32.2. The Morgan fingerprint density at radius 1 is 1.17 bits per heavy atom. The Balaban J connectivity index is 1.99. The second-order valence-corrected chi connectivity index (χ2v) is 7.97. The first-order chi connectivity index (χ1) is 11.3. The number of sulfonamides is 1. The highest BCUT2D eigenvalue weighted by Crippen LogP contribution is 2.12. The average molecular weight is 366 g/mol. The van der Waals surface area contributed by atoms with Crippen LogP contribution in [-0.2, 0) is 21.4 Å². The summed E-state index contributed by atoms with van der Waals surface area (Å²) >= 11 is 1.51. The van der Waals surface area contributed by atoms with Gasteiger partial charge in [0.1, 0.15) is 0 Å². The highest BCUT2D eigenvalue weighted by molar-refractivity contribution is 7.89. The fraction of sp³-hybridized carbons (Fsp3) is 0.250. The molecule has 128 valence electrons. The van der Waals surface area contributed by atoms with Crippen LogP contribution in [0.15, 0.2) is 46.7 Å². The molecule has 1 unspecified atom stereocenters. The molecule has 1 amide bonds. The van der Waals surface area contributed by atoms with Crippen LogP contribution in [-0.4, -0.2) is 26.2 Å². The van der Waals surface area contributed by atoms with E-state index in [9.17, 15) is 18.0 Å². The number of nitrogens with one attached hydrogen (secondary N) is 2. The molecule has 1 heterocycles. The molecule has 0 radical (unpaired) electrons. The Morgan fingerprint density at radius 3 is 2.38 bits per heavy atom. The molecule has 0 aliphatic heterocycles. The Morgan fingerprint density at radius 2 is 1.83 bits per heavy atom.